The topological polar surface area (TPSA) is 72.2 Å². The Labute approximate surface area is 99.8 Å². The highest BCUT2D eigenvalue weighted by Crippen LogP contribution is 2.10. The minimum Gasteiger partial charge on any atom is -0.352 e. The van der Waals surface area contributed by atoms with Crippen LogP contribution in [0.15, 0.2) is 0 Å². The van der Waals surface area contributed by atoms with E-state index in [2.05, 4.69) is 19.2 Å². The summed E-state index contributed by atoms with van der Waals surface area (Å²) in [6.07, 6.45) is 2.34. The zero-order valence-corrected chi connectivity index (χ0v) is 10.9. The number of amides is 1. The van der Waals surface area contributed by atoms with Crippen LogP contribution in [-0.2, 0) is 15.6 Å². The molecule has 1 unspecified atom stereocenters. The van der Waals surface area contributed by atoms with E-state index >= 15 is 0 Å². The highest BCUT2D eigenvalue weighted by Gasteiger charge is 2.22. The van der Waals surface area contributed by atoms with Crippen molar-refractivity contribution in [3.05, 3.63) is 0 Å². The van der Waals surface area contributed by atoms with Gasteiger partial charge < -0.3 is 11.1 Å². The van der Waals surface area contributed by atoms with Crippen LogP contribution in [0.5, 0.6) is 0 Å². The quantitative estimate of drug-likeness (QED) is 0.753. The number of hydrogen-bond donors (Lipinski definition) is 2. The van der Waals surface area contributed by atoms with Gasteiger partial charge in [-0.05, 0) is 25.2 Å². The molecule has 0 aliphatic carbocycles. The number of carbonyl (C=O) groups excluding carboxylic acids is 1. The molecule has 1 fully saturated rings. The molecule has 0 spiro atoms. The van der Waals surface area contributed by atoms with Crippen molar-refractivity contribution in [3.8, 4) is 0 Å². The molecular formula is C11H22N2O2S. The first kappa shape index (κ1) is 13.6. The van der Waals surface area contributed by atoms with E-state index in [-0.39, 0.29) is 11.9 Å². The lowest BCUT2D eigenvalue weighted by molar-refractivity contribution is -0.123. The molecule has 0 radical (unpaired) electrons. The molecule has 1 aliphatic heterocycles. The predicted octanol–water partition coefficient (Wildman–Crippen LogP) is 0.387. The smallest absolute Gasteiger partial charge is 0.237 e. The van der Waals surface area contributed by atoms with Gasteiger partial charge in [0.15, 0.2) is 0 Å². The van der Waals surface area contributed by atoms with Crippen molar-refractivity contribution >= 4 is 16.7 Å². The fourth-order valence-electron chi connectivity index (χ4n) is 1.86. The summed E-state index contributed by atoms with van der Waals surface area (Å²) >= 11 is 0. The maximum atomic E-state index is 11.7. The van der Waals surface area contributed by atoms with Gasteiger partial charge in [0.05, 0.1) is 6.04 Å². The third kappa shape index (κ3) is 4.61. The van der Waals surface area contributed by atoms with Crippen LogP contribution in [0.25, 0.3) is 0 Å². The summed E-state index contributed by atoms with van der Waals surface area (Å²) in [5.74, 6) is 1.76. The molecule has 0 bridgehead atoms. The van der Waals surface area contributed by atoms with Crippen LogP contribution < -0.4 is 11.1 Å². The van der Waals surface area contributed by atoms with E-state index in [9.17, 15) is 9.00 Å². The second kappa shape index (κ2) is 6.35. The van der Waals surface area contributed by atoms with Crippen molar-refractivity contribution in [2.45, 2.75) is 45.2 Å². The van der Waals surface area contributed by atoms with E-state index in [1.54, 1.807) is 0 Å². The van der Waals surface area contributed by atoms with Gasteiger partial charge in [0.2, 0.25) is 5.91 Å². The van der Waals surface area contributed by atoms with E-state index < -0.39 is 16.8 Å². The highest BCUT2D eigenvalue weighted by molar-refractivity contribution is 7.85. The van der Waals surface area contributed by atoms with Gasteiger partial charge in [0.1, 0.15) is 0 Å². The van der Waals surface area contributed by atoms with Crippen molar-refractivity contribution < 1.29 is 9.00 Å². The molecule has 1 aliphatic rings. The molecule has 0 aromatic carbocycles. The molecule has 0 saturated carbocycles. The summed E-state index contributed by atoms with van der Waals surface area (Å²) in [6.45, 7) is 4.10. The summed E-state index contributed by atoms with van der Waals surface area (Å²) in [5.41, 5.74) is 5.79. The first-order valence-corrected chi connectivity index (χ1v) is 7.38. The highest BCUT2D eigenvalue weighted by atomic mass is 32.2. The molecular weight excluding hydrogens is 224 g/mol. The van der Waals surface area contributed by atoms with Crippen molar-refractivity contribution in [2.75, 3.05) is 11.5 Å². The number of hydrogen-bond acceptors (Lipinski definition) is 3. The van der Waals surface area contributed by atoms with Crippen LogP contribution in [0, 0.1) is 5.92 Å². The lowest BCUT2D eigenvalue weighted by atomic mass is 10.0. The van der Waals surface area contributed by atoms with Crippen molar-refractivity contribution in [3.63, 3.8) is 0 Å². The van der Waals surface area contributed by atoms with Crippen LogP contribution in [0.3, 0.4) is 0 Å². The van der Waals surface area contributed by atoms with E-state index in [0.29, 0.717) is 23.8 Å². The van der Waals surface area contributed by atoms with Gasteiger partial charge in [0.25, 0.3) is 0 Å². The van der Waals surface area contributed by atoms with Crippen molar-refractivity contribution in [1.82, 2.24) is 5.32 Å². The molecule has 1 heterocycles. The normalized spacial score (nSPS) is 27.8. The number of rotatable bonds is 4. The molecule has 16 heavy (non-hydrogen) atoms. The van der Waals surface area contributed by atoms with E-state index in [0.717, 1.165) is 12.8 Å². The Hall–Kier alpha value is -0.420. The van der Waals surface area contributed by atoms with Gasteiger partial charge in [-0.3, -0.25) is 9.00 Å². The third-order valence-corrected chi connectivity index (χ3v) is 4.18. The minimum atomic E-state index is -0.678. The van der Waals surface area contributed by atoms with E-state index in [4.69, 9.17) is 5.73 Å². The lowest BCUT2D eigenvalue weighted by Crippen LogP contribution is -2.47. The molecule has 1 saturated heterocycles. The number of nitrogens with two attached hydrogens (primary N) is 1. The summed E-state index contributed by atoms with van der Waals surface area (Å²) in [4.78, 5) is 11.7. The summed E-state index contributed by atoms with van der Waals surface area (Å²) in [6, 6.07) is -0.240. The molecule has 1 rings (SSSR count). The SMILES string of the molecule is CC(C)CC(N)C(=O)NC1CCS(=O)CC1. The summed E-state index contributed by atoms with van der Waals surface area (Å²) in [5, 5.41) is 2.95. The van der Waals surface area contributed by atoms with Crippen molar-refractivity contribution in [1.29, 1.82) is 0 Å². The van der Waals surface area contributed by atoms with E-state index in [1.165, 1.54) is 0 Å². The zero-order chi connectivity index (χ0) is 12.1. The molecule has 1 amide bonds. The summed E-state index contributed by atoms with van der Waals surface area (Å²) in [7, 11) is -0.678. The zero-order valence-electron chi connectivity index (χ0n) is 10.1. The molecule has 0 aromatic rings. The van der Waals surface area contributed by atoms with Gasteiger partial charge in [-0.2, -0.15) is 0 Å². The molecule has 3 N–H and O–H groups in total. The Kier molecular flexibility index (Phi) is 5.41. The second-order valence-corrected chi connectivity index (χ2v) is 6.56. The Morgan fingerprint density at radius 2 is 2.00 bits per heavy atom. The molecule has 0 aromatic heterocycles. The summed E-state index contributed by atoms with van der Waals surface area (Å²) < 4.78 is 11.1. The largest absolute Gasteiger partial charge is 0.352 e. The predicted molar refractivity (Wildman–Crippen MR) is 66.5 cm³/mol. The van der Waals surface area contributed by atoms with Crippen LogP contribution in [-0.4, -0.2) is 33.7 Å². The standard InChI is InChI=1S/C11H22N2O2S/c1-8(2)7-10(12)11(14)13-9-3-5-16(15)6-4-9/h8-10H,3-7,12H2,1-2H3,(H,13,14). The maximum absolute atomic E-state index is 11.7. The van der Waals surface area contributed by atoms with Gasteiger partial charge in [-0.1, -0.05) is 13.8 Å². The van der Waals surface area contributed by atoms with Gasteiger partial charge >= 0.3 is 0 Å². The second-order valence-electron chi connectivity index (χ2n) is 4.87. The van der Waals surface area contributed by atoms with Gasteiger partial charge in [0, 0.05) is 28.3 Å². The van der Waals surface area contributed by atoms with Crippen LogP contribution in [0.1, 0.15) is 33.1 Å². The Bertz CT molecular complexity index is 259. The third-order valence-electron chi connectivity index (χ3n) is 2.80. The Balaban J connectivity index is 2.30. The maximum Gasteiger partial charge on any atom is 0.237 e. The molecule has 94 valence electrons. The monoisotopic (exact) mass is 246 g/mol. The average molecular weight is 246 g/mol. The van der Waals surface area contributed by atoms with Crippen molar-refractivity contribution in [2.24, 2.45) is 11.7 Å². The Morgan fingerprint density at radius 3 is 2.50 bits per heavy atom. The fourth-order valence-corrected chi connectivity index (χ4v) is 3.16. The average Bonchev–Trinajstić information content (AvgIpc) is 2.20. The number of nitrogens with one attached hydrogen (secondary N) is 1. The fraction of sp³-hybridized carbons (Fsp3) is 0.909. The Morgan fingerprint density at radius 1 is 1.44 bits per heavy atom. The van der Waals surface area contributed by atoms with E-state index in [1.807, 2.05) is 0 Å². The van der Waals surface area contributed by atoms with Gasteiger partial charge in [-0.15, -0.1) is 0 Å². The first-order valence-electron chi connectivity index (χ1n) is 5.90. The minimum absolute atomic E-state index is 0.0635. The van der Waals surface area contributed by atoms with Crippen LogP contribution >= 0.6 is 0 Å². The molecule has 1 atom stereocenters. The molecule has 5 heteroatoms. The van der Waals surface area contributed by atoms with Crippen LogP contribution in [0.4, 0.5) is 0 Å². The first-order chi connectivity index (χ1) is 7.49. The molecule has 4 nitrogen and oxygen atoms in total. The number of carbonyl (C=O) groups is 1. The van der Waals surface area contributed by atoms with Gasteiger partial charge in [-0.25, -0.2) is 0 Å². The van der Waals surface area contributed by atoms with Crippen LogP contribution in [0.2, 0.25) is 0 Å². The lowest BCUT2D eigenvalue weighted by Gasteiger charge is -2.24.